The van der Waals surface area contributed by atoms with Gasteiger partial charge < -0.3 is 5.32 Å². The molecule has 0 fully saturated rings. The fourth-order valence-corrected chi connectivity index (χ4v) is 2.26. The Bertz CT molecular complexity index is 684. The van der Waals surface area contributed by atoms with E-state index < -0.39 is 0 Å². The minimum atomic E-state index is 0.775. The number of hydrogen-bond acceptors (Lipinski definition) is 3. The van der Waals surface area contributed by atoms with Crippen molar-refractivity contribution < 1.29 is 0 Å². The molecule has 0 bridgehead atoms. The predicted molar refractivity (Wildman–Crippen MR) is 82.2 cm³/mol. The van der Waals surface area contributed by atoms with Gasteiger partial charge in [0.15, 0.2) is 0 Å². The van der Waals surface area contributed by atoms with E-state index in [1.54, 1.807) is 0 Å². The molecule has 1 N–H and O–H groups in total. The van der Waals surface area contributed by atoms with E-state index in [1.165, 1.54) is 5.69 Å². The Hall–Kier alpha value is -2.40. The standard InChI is InChI=1S/C16H19N5/c1-20-15(8-11-18-20)7-10-17-13-14-9-12-21(19-14)16-5-3-2-4-6-16/h2-6,8-9,11-12,17H,7,10,13H2,1H3. The average Bonchev–Trinajstić information content (AvgIpc) is 3.14. The van der Waals surface area contributed by atoms with Crippen LogP contribution in [-0.4, -0.2) is 26.1 Å². The molecule has 0 unspecified atom stereocenters. The predicted octanol–water partition coefficient (Wildman–Crippen LogP) is 1.94. The van der Waals surface area contributed by atoms with Crippen LogP contribution in [0.25, 0.3) is 5.69 Å². The van der Waals surface area contributed by atoms with Gasteiger partial charge >= 0.3 is 0 Å². The van der Waals surface area contributed by atoms with Gasteiger partial charge in [-0.25, -0.2) is 4.68 Å². The van der Waals surface area contributed by atoms with E-state index in [4.69, 9.17) is 0 Å². The zero-order valence-corrected chi connectivity index (χ0v) is 12.1. The number of rotatable bonds is 6. The Morgan fingerprint density at radius 2 is 1.95 bits per heavy atom. The van der Waals surface area contributed by atoms with Crippen LogP contribution in [-0.2, 0) is 20.0 Å². The van der Waals surface area contributed by atoms with Crippen LogP contribution < -0.4 is 5.32 Å². The largest absolute Gasteiger partial charge is 0.311 e. The number of nitrogens with zero attached hydrogens (tertiary/aromatic N) is 4. The highest BCUT2D eigenvalue weighted by molar-refractivity contribution is 5.30. The first-order valence-electron chi connectivity index (χ1n) is 7.10. The van der Waals surface area contributed by atoms with Crippen molar-refractivity contribution in [2.75, 3.05) is 6.54 Å². The van der Waals surface area contributed by atoms with E-state index in [-0.39, 0.29) is 0 Å². The second kappa shape index (κ2) is 6.37. The highest BCUT2D eigenvalue weighted by Gasteiger charge is 2.01. The summed E-state index contributed by atoms with van der Waals surface area (Å²) in [5, 5.41) is 12.1. The van der Waals surface area contributed by atoms with Crippen LogP contribution in [0.3, 0.4) is 0 Å². The van der Waals surface area contributed by atoms with Crippen LogP contribution in [0.1, 0.15) is 11.4 Å². The smallest absolute Gasteiger partial charge is 0.0766 e. The van der Waals surface area contributed by atoms with Crippen molar-refractivity contribution in [3.05, 3.63) is 66.2 Å². The maximum Gasteiger partial charge on any atom is 0.0766 e. The summed E-state index contributed by atoms with van der Waals surface area (Å²) in [4.78, 5) is 0. The monoisotopic (exact) mass is 281 g/mol. The van der Waals surface area contributed by atoms with Crippen molar-refractivity contribution in [2.45, 2.75) is 13.0 Å². The molecule has 0 aliphatic rings. The molecule has 0 amide bonds. The summed E-state index contributed by atoms with van der Waals surface area (Å²) in [5.41, 5.74) is 3.36. The number of hydrogen-bond donors (Lipinski definition) is 1. The van der Waals surface area contributed by atoms with Crippen LogP contribution in [0.15, 0.2) is 54.9 Å². The summed E-state index contributed by atoms with van der Waals surface area (Å²) < 4.78 is 3.81. The molecule has 0 atom stereocenters. The minimum absolute atomic E-state index is 0.775. The third kappa shape index (κ3) is 3.38. The van der Waals surface area contributed by atoms with E-state index >= 15 is 0 Å². The molecular formula is C16H19N5. The molecule has 2 aromatic heterocycles. The molecular weight excluding hydrogens is 262 g/mol. The molecule has 21 heavy (non-hydrogen) atoms. The van der Waals surface area contributed by atoms with Crippen molar-refractivity contribution in [1.82, 2.24) is 24.9 Å². The van der Waals surface area contributed by atoms with E-state index in [9.17, 15) is 0 Å². The highest BCUT2D eigenvalue weighted by Crippen LogP contribution is 2.06. The minimum Gasteiger partial charge on any atom is -0.311 e. The van der Waals surface area contributed by atoms with E-state index in [1.807, 2.05) is 71.3 Å². The summed E-state index contributed by atoms with van der Waals surface area (Å²) in [6.07, 6.45) is 4.79. The molecule has 2 heterocycles. The summed E-state index contributed by atoms with van der Waals surface area (Å²) in [6, 6.07) is 14.2. The lowest BCUT2D eigenvalue weighted by atomic mass is 10.3. The fourth-order valence-electron chi connectivity index (χ4n) is 2.26. The Morgan fingerprint density at radius 3 is 2.71 bits per heavy atom. The van der Waals surface area contributed by atoms with Gasteiger partial charge in [-0.2, -0.15) is 10.2 Å². The van der Waals surface area contributed by atoms with Crippen LogP contribution in [0.5, 0.6) is 0 Å². The summed E-state index contributed by atoms with van der Waals surface area (Å²) in [5.74, 6) is 0. The van der Waals surface area contributed by atoms with Crippen LogP contribution >= 0.6 is 0 Å². The van der Waals surface area contributed by atoms with Crippen molar-refractivity contribution in [2.24, 2.45) is 7.05 Å². The molecule has 3 rings (SSSR count). The Balaban J connectivity index is 1.50. The number of para-hydroxylation sites is 1. The van der Waals surface area contributed by atoms with Crippen molar-refractivity contribution in [1.29, 1.82) is 0 Å². The first-order chi connectivity index (χ1) is 10.3. The number of nitrogens with one attached hydrogen (secondary N) is 1. The molecule has 0 saturated heterocycles. The normalized spacial score (nSPS) is 10.9. The topological polar surface area (TPSA) is 47.7 Å². The van der Waals surface area contributed by atoms with Crippen molar-refractivity contribution in [3.63, 3.8) is 0 Å². The Labute approximate surface area is 124 Å². The van der Waals surface area contributed by atoms with Gasteiger partial charge in [-0.05, 0) is 24.3 Å². The molecule has 0 spiro atoms. The lowest BCUT2D eigenvalue weighted by Gasteiger charge is -2.04. The first kappa shape index (κ1) is 13.6. The van der Waals surface area contributed by atoms with Gasteiger partial charge in [0.1, 0.15) is 0 Å². The summed E-state index contributed by atoms with van der Waals surface area (Å²) >= 11 is 0. The van der Waals surface area contributed by atoms with Gasteiger partial charge in [-0.15, -0.1) is 0 Å². The van der Waals surface area contributed by atoms with Gasteiger partial charge in [-0.1, -0.05) is 18.2 Å². The molecule has 1 aromatic carbocycles. The molecule has 0 aliphatic carbocycles. The Morgan fingerprint density at radius 1 is 1.10 bits per heavy atom. The van der Waals surface area contributed by atoms with E-state index in [2.05, 4.69) is 15.5 Å². The summed E-state index contributed by atoms with van der Waals surface area (Å²) in [7, 11) is 1.97. The van der Waals surface area contributed by atoms with Crippen molar-refractivity contribution in [3.8, 4) is 5.69 Å². The third-order valence-corrected chi connectivity index (χ3v) is 3.45. The molecule has 0 aliphatic heterocycles. The molecule has 5 heteroatoms. The summed E-state index contributed by atoms with van der Waals surface area (Å²) in [6.45, 7) is 1.69. The SMILES string of the molecule is Cn1nccc1CCNCc1ccn(-c2ccccc2)n1. The molecule has 0 radical (unpaired) electrons. The lowest BCUT2D eigenvalue weighted by Crippen LogP contribution is -2.18. The second-order valence-electron chi connectivity index (χ2n) is 4.96. The van der Waals surface area contributed by atoms with Gasteiger partial charge in [0.2, 0.25) is 0 Å². The maximum atomic E-state index is 4.57. The highest BCUT2D eigenvalue weighted by atomic mass is 15.3. The van der Waals surface area contributed by atoms with E-state index in [0.717, 1.165) is 30.9 Å². The van der Waals surface area contributed by atoms with Crippen LogP contribution in [0.4, 0.5) is 0 Å². The number of aryl methyl sites for hydroxylation is 1. The van der Waals surface area contributed by atoms with Gasteiger partial charge in [-0.3, -0.25) is 4.68 Å². The molecule has 0 saturated carbocycles. The third-order valence-electron chi connectivity index (χ3n) is 3.45. The van der Waals surface area contributed by atoms with Crippen LogP contribution in [0, 0.1) is 0 Å². The van der Waals surface area contributed by atoms with Gasteiger partial charge in [0.25, 0.3) is 0 Å². The van der Waals surface area contributed by atoms with Crippen molar-refractivity contribution >= 4 is 0 Å². The Kier molecular flexibility index (Phi) is 4.12. The zero-order valence-electron chi connectivity index (χ0n) is 12.1. The quantitative estimate of drug-likeness (QED) is 0.702. The lowest BCUT2D eigenvalue weighted by molar-refractivity contribution is 0.633. The van der Waals surface area contributed by atoms with E-state index in [0.29, 0.717) is 0 Å². The van der Waals surface area contributed by atoms with Crippen LogP contribution in [0.2, 0.25) is 0 Å². The fraction of sp³-hybridized carbons (Fsp3) is 0.250. The average molecular weight is 281 g/mol. The molecule has 3 aromatic rings. The maximum absolute atomic E-state index is 4.57. The molecule has 5 nitrogen and oxygen atoms in total. The van der Waals surface area contributed by atoms with Gasteiger partial charge in [0, 0.05) is 44.6 Å². The van der Waals surface area contributed by atoms with Gasteiger partial charge in [0.05, 0.1) is 11.4 Å². The zero-order chi connectivity index (χ0) is 14.5. The number of aromatic nitrogens is 4. The first-order valence-corrected chi connectivity index (χ1v) is 7.10. The number of benzene rings is 1. The second-order valence-corrected chi connectivity index (χ2v) is 4.96. The molecule has 108 valence electrons.